The van der Waals surface area contributed by atoms with Crippen LogP contribution in [0.2, 0.25) is 0 Å². The van der Waals surface area contributed by atoms with Crippen molar-refractivity contribution in [1.29, 1.82) is 0 Å². The molecule has 20 heavy (non-hydrogen) atoms. The van der Waals surface area contributed by atoms with E-state index >= 15 is 0 Å². The van der Waals surface area contributed by atoms with Crippen LogP contribution < -0.4 is 5.32 Å². The van der Waals surface area contributed by atoms with Gasteiger partial charge < -0.3 is 5.11 Å². The smallest absolute Gasteiger partial charge is 0.0657 e. The van der Waals surface area contributed by atoms with Gasteiger partial charge in [0.25, 0.3) is 0 Å². The summed E-state index contributed by atoms with van der Waals surface area (Å²) in [6.45, 7) is 9.27. The van der Waals surface area contributed by atoms with Crippen molar-refractivity contribution in [2.45, 2.75) is 70.1 Å². The number of nitrogens with one attached hydrogen (secondary N) is 1. The molecule has 5 aliphatic rings. The first kappa shape index (κ1) is 13.5. The molecule has 4 bridgehead atoms. The lowest BCUT2D eigenvalue weighted by atomic mass is 9.52. The summed E-state index contributed by atoms with van der Waals surface area (Å²) >= 11 is 0. The standard InChI is InChI=1S/C17H30N2O/c1-11(2)16(3)9-19(10-18-16)15-13-4-12-5-14(15)8-17(20,6-12)7-13/h11-15,18,20H,4-10H2,1-3H3. The van der Waals surface area contributed by atoms with Gasteiger partial charge in [-0.2, -0.15) is 0 Å². The summed E-state index contributed by atoms with van der Waals surface area (Å²) in [6.07, 6.45) is 5.98. The zero-order valence-electron chi connectivity index (χ0n) is 13.2. The molecule has 5 rings (SSSR count). The van der Waals surface area contributed by atoms with E-state index in [0.717, 1.165) is 49.7 Å². The van der Waals surface area contributed by atoms with Crippen LogP contribution in [-0.4, -0.2) is 40.4 Å². The third-order valence-corrected chi connectivity index (χ3v) is 7.10. The summed E-state index contributed by atoms with van der Waals surface area (Å²) in [5, 5.41) is 14.5. The van der Waals surface area contributed by atoms with Crippen molar-refractivity contribution in [1.82, 2.24) is 10.2 Å². The van der Waals surface area contributed by atoms with Gasteiger partial charge in [0.2, 0.25) is 0 Å². The minimum absolute atomic E-state index is 0.269. The zero-order valence-corrected chi connectivity index (χ0v) is 13.2. The molecule has 114 valence electrons. The fourth-order valence-electron chi connectivity index (χ4n) is 5.96. The van der Waals surface area contributed by atoms with Gasteiger partial charge in [-0.1, -0.05) is 13.8 Å². The van der Waals surface area contributed by atoms with Crippen LogP contribution in [-0.2, 0) is 0 Å². The van der Waals surface area contributed by atoms with E-state index in [9.17, 15) is 5.11 Å². The Labute approximate surface area is 123 Å². The fourth-order valence-corrected chi connectivity index (χ4v) is 5.96. The summed E-state index contributed by atoms with van der Waals surface area (Å²) in [5.74, 6) is 3.00. The van der Waals surface area contributed by atoms with Crippen molar-refractivity contribution < 1.29 is 5.11 Å². The molecule has 3 atom stereocenters. The van der Waals surface area contributed by atoms with Crippen molar-refractivity contribution >= 4 is 0 Å². The number of hydrogen-bond acceptors (Lipinski definition) is 3. The maximum absolute atomic E-state index is 10.7. The van der Waals surface area contributed by atoms with Crippen LogP contribution in [0.5, 0.6) is 0 Å². The molecule has 4 saturated carbocycles. The van der Waals surface area contributed by atoms with Gasteiger partial charge in [-0.3, -0.25) is 10.2 Å². The Morgan fingerprint density at radius 1 is 1.15 bits per heavy atom. The molecule has 1 heterocycles. The third kappa shape index (κ3) is 1.89. The van der Waals surface area contributed by atoms with E-state index in [0.29, 0.717) is 5.92 Å². The topological polar surface area (TPSA) is 35.5 Å². The van der Waals surface area contributed by atoms with Gasteiger partial charge in [-0.05, 0) is 62.7 Å². The van der Waals surface area contributed by atoms with Crippen molar-refractivity contribution in [3.05, 3.63) is 0 Å². The lowest BCUT2D eigenvalue weighted by Gasteiger charge is -2.60. The molecule has 1 saturated heterocycles. The first-order valence-corrected chi connectivity index (χ1v) is 8.60. The van der Waals surface area contributed by atoms with E-state index in [2.05, 4.69) is 31.0 Å². The zero-order chi connectivity index (χ0) is 14.1. The van der Waals surface area contributed by atoms with E-state index in [4.69, 9.17) is 0 Å². The lowest BCUT2D eigenvalue weighted by Crippen LogP contribution is -2.61. The van der Waals surface area contributed by atoms with E-state index in [1.165, 1.54) is 19.4 Å². The molecule has 0 aromatic heterocycles. The molecule has 0 amide bonds. The van der Waals surface area contributed by atoms with Crippen LogP contribution in [0.1, 0.15) is 52.9 Å². The number of hydrogen-bond donors (Lipinski definition) is 2. The van der Waals surface area contributed by atoms with Crippen LogP contribution in [0.25, 0.3) is 0 Å². The molecule has 3 heteroatoms. The molecule has 0 spiro atoms. The SMILES string of the molecule is CC(C)C1(C)CN(C2C3CC4CC2CC(O)(C4)C3)CN1. The van der Waals surface area contributed by atoms with Crippen LogP contribution >= 0.6 is 0 Å². The Kier molecular flexibility index (Phi) is 2.85. The first-order chi connectivity index (χ1) is 9.39. The second-order valence-electron chi connectivity index (χ2n) is 8.84. The monoisotopic (exact) mass is 278 g/mol. The summed E-state index contributed by atoms with van der Waals surface area (Å²) in [5.41, 5.74) is -0.0208. The maximum atomic E-state index is 10.7. The molecule has 4 aliphatic carbocycles. The summed E-state index contributed by atoms with van der Waals surface area (Å²) < 4.78 is 0. The minimum Gasteiger partial charge on any atom is -0.390 e. The van der Waals surface area contributed by atoms with Crippen LogP contribution in [0.3, 0.4) is 0 Å². The molecule has 0 aromatic carbocycles. The normalized spacial score (nSPS) is 55.0. The highest BCUT2D eigenvalue weighted by molar-refractivity contribution is 5.10. The molecule has 5 fully saturated rings. The Morgan fingerprint density at radius 3 is 2.30 bits per heavy atom. The van der Waals surface area contributed by atoms with E-state index in [-0.39, 0.29) is 11.1 Å². The largest absolute Gasteiger partial charge is 0.390 e. The van der Waals surface area contributed by atoms with E-state index in [1.807, 2.05) is 0 Å². The molecular weight excluding hydrogens is 248 g/mol. The second kappa shape index (κ2) is 4.21. The molecule has 0 radical (unpaired) electrons. The van der Waals surface area contributed by atoms with Crippen LogP contribution in [0.15, 0.2) is 0 Å². The maximum Gasteiger partial charge on any atom is 0.0657 e. The first-order valence-electron chi connectivity index (χ1n) is 8.60. The minimum atomic E-state index is -0.290. The predicted molar refractivity (Wildman–Crippen MR) is 80.2 cm³/mol. The molecule has 1 aliphatic heterocycles. The van der Waals surface area contributed by atoms with Gasteiger partial charge >= 0.3 is 0 Å². The molecule has 0 aromatic rings. The fraction of sp³-hybridized carbons (Fsp3) is 1.00. The predicted octanol–water partition coefficient (Wildman–Crippen LogP) is 2.20. The molecule has 3 unspecified atom stereocenters. The number of rotatable bonds is 2. The molecule has 2 N–H and O–H groups in total. The van der Waals surface area contributed by atoms with Gasteiger partial charge in [-0.15, -0.1) is 0 Å². The Hall–Kier alpha value is -0.120. The molecule has 3 nitrogen and oxygen atoms in total. The Bertz CT molecular complexity index is 394. The third-order valence-electron chi connectivity index (χ3n) is 7.10. The summed E-state index contributed by atoms with van der Waals surface area (Å²) in [7, 11) is 0. The van der Waals surface area contributed by atoms with Gasteiger partial charge in [0.05, 0.1) is 5.60 Å². The van der Waals surface area contributed by atoms with Gasteiger partial charge in [0.15, 0.2) is 0 Å². The average Bonchev–Trinajstić information content (AvgIpc) is 2.70. The van der Waals surface area contributed by atoms with Crippen molar-refractivity contribution in [2.24, 2.45) is 23.7 Å². The summed E-state index contributed by atoms with van der Waals surface area (Å²) in [6, 6.07) is 0.736. The highest BCUT2D eigenvalue weighted by atomic mass is 16.3. The van der Waals surface area contributed by atoms with Crippen LogP contribution in [0.4, 0.5) is 0 Å². The Balaban J connectivity index is 1.53. The highest BCUT2D eigenvalue weighted by Gasteiger charge is 2.57. The second-order valence-corrected chi connectivity index (χ2v) is 8.84. The van der Waals surface area contributed by atoms with E-state index < -0.39 is 0 Å². The summed E-state index contributed by atoms with van der Waals surface area (Å²) in [4.78, 5) is 2.72. The quantitative estimate of drug-likeness (QED) is 0.813. The van der Waals surface area contributed by atoms with Gasteiger partial charge in [0, 0.05) is 24.8 Å². The van der Waals surface area contributed by atoms with Crippen molar-refractivity contribution in [3.8, 4) is 0 Å². The van der Waals surface area contributed by atoms with Gasteiger partial charge in [-0.25, -0.2) is 0 Å². The van der Waals surface area contributed by atoms with Gasteiger partial charge in [0.1, 0.15) is 0 Å². The van der Waals surface area contributed by atoms with E-state index in [1.54, 1.807) is 0 Å². The lowest BCUT2D eigenvalue weighted by molar-refractivity contribution is -0.158. The Morgan fingerprint density at radius 2 is 1.80 bits per heavy atom. The number of nitrogens with zero attached hydrogens (tertiary/aromatic N) is 1. The van der Waals surface area contributed by atoms with Crippen molar-refractivity contribution in [2.75, 3.05) is 13.2 Å². The number of aliphatic hydroxyl groups is 1. The highest BCUT2D eigenvalue weighted by Crippen LogP contribution is 2.57. The van der Waals surface area contributed by atoms with Crippen molar-refractivity contribution in [3.63, 3.8) is 0 Å². The van der Waals surface area contributed by atoms with Crippen LogP contribution in [0, 0.1) is 23.7 Å². The average molecular weight is 278 g/mol. The molecular formula is C17H30N2O.